The zero-order chi connectivity index (χ0) is 20.1. The number of aryl methyl sites for hydroxylation is 1. The molecule has 4 rings (SSSR count). The lowest BCUT2D eigenvalue weighted by molar-refractivity contribution is 0.554. The lowest BCUT2D eigenvalue weighted by atomic mass is 10.3. The van der Waals surface area contributed by atoms with Crippen molar-refractivity contribution in [1.29, 1.82) is 0 Å². The fourth-order valence-corrected chi connectivity index (χ4v) is 4.09. The number of rotatable bonds is 4. The zero-order valence-corrected chi connectivity index (χ0v) is 16.4. The third-order valence-electron chi connectivity index (χ3n) is 3.76. The molecule has 0 amide bonds. The Balaban J connectivity index is 1.76. The van der Waals surface area contributed by atoms with E-state index in [1.165, 1.54) is 41.2 Å². The molecule has 0 bridgehead atoms. The Labute approximate surface area is 168 Å². The van der Waals surface area contributed by atoms with Crippen LogP contribution in [0.4, 0.5) is 5.82 Å². The fourth-order valence-electron chi connectivity index (χ4n) is 2.59. The Bertz CT molecular complexity index is 1370. The van der Waals surface area contributed by atoms with Crippen molar-refractivity contribution < 1.29 is 12.8 Å². The van der Waals surface area contributed by atoms with Gasteiger partial charge < -0.3 is 4.42 Å². The molecule has 0 aliphatic rings. The van der Waals surface area contributed by atoms with Crippen LogP contribution in [0.1, 0.15) is 5.69 Å². The van der Waals surface area contributed by atoms with E-state index in [0.717, 1.165) is 0 Å². The molecule has 9 nitrogen and oxygen atoms in total. The van der Waals surface area contributed by atoms with Crippen molar-refractivity contribution in [1.82, 2.24) is 19.7 Å². The van der Waals surface area contributed by atoms with E-state index in [9.17, 15) is 13.2 Å². The van der Waals surface area contributed by atoms with Crippen LogP contribution in [0.5, 0.6) is 0 Å². The third kappa shape index (κ3) is 3.37. The summed E-state index contributed by atoms with van der Waals surface area (Å²) in [6, 6.07) is 7.03. The molecule has 0 fully saturated rings. The number of aromatic amines is 1. The number of nitrogens with zero attached hydrogens (tertiary/aromatic N) is 3. The van der Waals surface area contributed by atoms with Crippen molar-refractivity contribution >= 4 is 50.1 Å². The van der Waals surface area contributed by atoms with Gasteiger partial charge in [0, 0.05) is 18.3 Å². The Morgan fingerprint density at radius 2 is 2.00 bits per heavy atom. The van der Waals surface area contributed by atoms with E-state index in [4.69, 9.17) is 27.6 Å². The highest BCUT2D eigenvalue weighted by Crippen LogP contribution is 2.26. The predicted octanol–water partition coefficient (Wildman–Crippen LogP) is 3.12. The number of hydrogen-bond acceptors (Lipinski definition) is 6. The quantitative estimate of drug-likeness (QED) is 0.503. The van der Waals surface area contributed by atoms with E-state index < -0.39 is 15.8 Å². The van der Waals surface area contributed by atoms with Crippen LogP contribution < -0.4 is 10.5 Å². The maximum atomic E-state index is 12.8. The summed E-state index contributed by atoms with van der Waals surface area (Å²) in [7, 11) is -4.02. The number of pyridine rings is 1. The highest BCUT2D eigenvalue weighted by atomic mass is 35.5. The molecule has 0 spiro atoms. The fraction of sp³-hybridized carbons (Fsp3) is 0.0625. The Hall–Kier alpha value is -2.82. The molecule has 28 heavy (non-hydrogen) atoms. The lowest BCUT2D eigenvalue weighted by Gasteiger charge is -2.11. The number of sulfonamides is 1. The topological polar surface area (TPSA) is 123 Å². The SMILES string of the molecule is Cc1cc(NS(=O)(=O)c2ccc3[nH]c(=O)oc3c2)n(-c2ncc(Cl)cc2Cl)n1. The average Bonchev–Trinajstić information content (AvgIpc) is 3.15. The van der Waals surface area contributed by atoms with Gasteiger partial charge in [0.15, 0.2) is 11.4 Å². The molecule has 0 aliphatic heterocycles. The molecule has 3 aromatic heterocycles. The first-order valence-corrected chi connectivity index (χ1v) is 10.0. The summed E-state index contributed by atoms with van der Waals surface area (Å²) >= 11 is 12.0. The maximum Gasteiger partial charge on any atom is 0.417 e. The monoisotopic (exact) mass is 439 g/mol. The average molecular weight is 440 g/mol. The second-order valence-corrected chi connectivity index (χ2v) is 8.35. The van der Waals surface area contributed by atoms with E-state index in [1.807, 2.05) is 0 Å². The number of nitrogens with one attached hydrogen (secondary N) is 2. The van der Waals surface area contributed by atoms with E-state index in [0.29, 0.717) is 16.2 Å². The second-order valence-electron chi connectivity index (χ2n) is 5.82. The number of benzene rings is 1. The summed E-state index contributed by atoms with van der Waals surface area (Å²) in [6.07, 6.45) is 1.37. The summed E-state index contributed by atoms with van der Waals surface area (Å²) in [5.41, 5.74) is 1.06. The van der Waals surface area contributed by atoms with E-state index >= 15 is 0 Å². The van der Waals surface area contributed by atoms with Crippen molar-refractivity contribution in [3.8, 4) is 5.82 Å². The number of halogens is 2. The Morgan fingerprint density at radius 3 is 2.75 bits per heavy atom. The largest absolute Gasteiger partial charge is 0.417 e. The van der Waals surface area contributed by atoms with Gasteiger partial charge in [-0.1, -0.05) is 23.2 Å². The molecule has 144 valence electrons. The van der Waals surface area contributed by atoms with Crippen molar-refractivity contribution in [2.24, 2.45) is 0 Å². The van der Waals surface area contributed by atoms with Crippen LogP contribution in [0.25, 0.3) is 16.9 Å². The van der Waals surface area contributed by atoms with E-state index in [1.54, 1.807) is 6.92 Å². The van der Waals surface area contributed by atoms with Gasteiger partial charge in [0.05, 0.1) is 26.2 Å². The number of fused-ring (bicyclic) bond motifs is 1. The lowest BCUT2D eigenvalue weighted by Crippen LogP contribution is -2.16. The van der Waals surface area contributed by atoms with Crippen molar-refractivity contribution in [3.05, 3.63) is 62.8 Å². The van der Waals surface area contributed by atoms with Gasteiger partial charge in [0.25, 0.3) is 10.0 Å². The minimum absolute atomic E-state index is 0.0942. The molecular formula is C16H11Cl2N5O4S. The molecule has 2 N–H and O–H groups in total. The van der Waals surface area contributed by atoms with Crippen LogP contribution >= 0.6 is 23.2 Å². The van der Waals surface area contributed by atoms with Crippen molar-refractivity contribution in [2.75, 3.05) is 4.72 Å². The first-order valence-electron chi connectivity index (χ1n) is 7.77. The number of anilines is 1. The van der Waals surface area contributed by atoms with Crippen LogP contribution in [-0.2, 0) is 10.0 Å². The van der Waals surface area contributed by atoms with Crippen LogP contribution in [0.2, 0.25) is 10.0 Å². The molecule has 0 saturated carbocycles. The highest BCUT2D eigenvalue weighted by molar-refractivity contribution is 7.92. The molecule has 0 unspecified atom stereocenters. The standard InChI is InChI=1S/C16H11Cl2N5O4S/c1-8-4-14(23(21-8)15-11(18)5-9(17)7-19-15)22-28(25,26)10-2-3-12-13(6-10)27-16(24)20-12/h2-7,22H,1H3,(H,20,24). The van der Waals surface area contributed by atoms with Gasteiger partial charge in [-0.2, -0.15) is 9.78 Å². The summed E-state index contributed by atoms with van der Waals surface area (Å²) in [5.74, 6) is -0.330. The van der Waals surface area contributed by atoms with E-state index in [-0.39, 0.29) is 27.1 Å². The van der Waals surface area contributed by atoms with Crippen LogP contribution in [0.3, 0.4) is 0 Å². The minimum Gasteiger partial charge on any atom is -0.408 e. The van der Waals surface area contributed by atoms with Crippen molar-refractivity contribution in [2.45, 2.75) is 11.8 Å². The second kappa shape index (κ2) is 6.66. The van der Waals surface area contributed by atoms with Crippen LogP contribution in [0.15, 0.2) is 50.6 Å². The molecule has 1 aromatic carbocycles. The van der Waals surface area contributed by atoms with E-state index in [2.05, 4.69) is 19.8 Å². The minimum atomic E-state index is -4.02. The number of oxazole rings is 1. The molecule has 0 aliphatic carbocycles. The Kier molecular flexibility index (Phi) is 4.41. The number of hydrogen-bond donors (Lipinski definition) is 2. The molecule has 0 radical (unpaired) electrons. The van der Waals surface area contributed by atoms with Gasteiger partial charge in [-0.25, -0.2) is 18.2 Å². The molecule has 12 heteroatoms. The zero-order valence-electron chi connectivity index (χ0n) is 14.1. The normalized spacial score (nSPS) is 11.8. The van der Waals surface area contributed by atoms with Gasteiger partial charge in [0.1, 0.15) is 5.82 Å². The third-order valence-corrected chi connectivity index (χ3v) is 5.60. The number of H-pyrrole nitrogens is 1. The van der Waals surface area contributed by atoms with Gasteiger partial charge in [-0.3, -0.25) is 9.71 Å². The summed E-state index contributed by atoms with van der Waals surface area (Å²) in [4.78, 5) is 17.7. The van der Waals surface area contributed by atoms with Crippen LogP contribution in [0, 0.1) is 6.92 Å². The Morgan fingerprint density at radius 1 is 1.21 bits per heavy atom. The maximum absolute atomic E-state index is 12.8. The number of aromatic nitrogens is 4. The predicted molar refractivity (Wildman–Crippen MR) is 104 cm³/mol. The molecule has 0 atom stereocenters. The summed E-state index contributed by atoms with van der Waals surface area (Å²) in [6.45, 7) is 1.69. The smallest absolute Gasteiger partial charge is 0.408 e. The van der Waals surface area contributed by atoms with Crippen LogP contribution in [-0.4, -0.2) is 28.2 Å². The van der Waals surface area contributed by atoms with Gasteiger partial charge in [-0.05, 0) is 25.1 Å². The molecule has 3 heterocycles. The first kappa shape index (κ1) is 18.5. The summed E-state index contributed by atoms with van der Waals surface area (Å²) in [5, 5.41) is 4.77. The molecule has 4 aromatic rings. The van der Waals surface area contributed by atoms with Crippen molar-refractivity contribution in [3.63, 3.8) is 0 Å². The molecular weight excluding hydrogens is 429 g/mol. The first-order chi connectivity index (χ1) is 13.2. The molecule has 0 saturated heterocycles. The van der Waals surface area contributed by atoms with Gasteiger partial charge in [0.2, 0.25) is 0 Å². The van der Waals surface area contributed by atoms with Gasteiger partial charge in [-0.15, -0.1) is 0 Å². The summed E-state index contributed by atoms with van der Waals surface area (Å²) < 4.78 is 34.3. The van der Waals surface area contributed by atoms with Gasteiger partial charge >= 0.3 is 5.76 Å². The highest BCUT2D eigenvalue weighted by Gasteiger charge is 2.21.